The van der Waals surface area contributed by atoms with E-state index in [0.717, 1.165) is 6.07 Å². The monoisotopic (exact) mass is 389 g/mol. The molecule has 0 aliphatic rings. The maximum Gasteiger partial charge on any atom is 0.416 e. The van der Waals surface area contributed by atoms with E-state index in [0.29, 0.717) is 12.1 Å². The van der Waals surface area contributed by atoms with E-state index in [2.05, 4.69) is 0 Å². The Morgan fingerprint density at radius 1 is 0.880 bits per heavy atom. The molecule has 0 aromatic heterocycles. The van der Waals surface area contributed by atoms with Crippen LogP contribution in [0.3, 0.4) is 0 Å². The van der Waals surface area contributed by atoms with Gasteiger partial charge < -0.3 is 5.32 Å². The van der Waals surface area contributed by atoms with Gasteiger partial charge in [0.15, 0.2) is 23.3 Å². The number of halogens is 9. The van der Waals surface area contributed by atoms with Crippen molar-refractivity contribution < 1.29 is 39.9 Å². The van der Waals surface area contributed by atoms with Crippen LogP contribution in [0.4, 0.5) is 40.8 Å². The summed E-state index contributed by atoms with van der Waals surface area (Å²) in [5.41, 5.74) is -3.85. The van der Waals surface area contributed by atoms with Gasteiger partial charge in [-0.25, -0.2) is 22.0 Å². The Bertz CT molecular complexity index is 836. The van der Waals surface area contributed by atoms with Gasteiger partial charge in [-0.15, -0.1) is 0 Å². The fraction of sp³-hybridized carbons (Fsp3) is 0.0714. The molecule has 134 valence electrons. The fourth-order valence-corrected chi connectivity index (χ4v) is 1.95. The number of carbonyl (C=O) groups is 1. The number of alkyl halides is 3. The Hall–Kier alpha value is -2.36. The normalized spacial score (nSPS) is 11.6. The number of nitrogens with one attached hydrogen (secondary N) is 1. The van der Waals surface area contributed by atoms with Gasteiger partial charge in [0.1, 0.15) is 5.56 Å². The molecule has 0 saturated carbocycles. The number of carbonyl (C=O) groups excluding carboxylic acids is 1. The van der Waals surface area contributed by atoms with E-state index in [4.69, 9.17) is 11.6 Å². The second-order valence-electron chi connectivity index (χ2n) is 4.59. The number of anilines is 1. The molecule has 25 heavy (non-hydrogen) atoms. The zero-order chi connectivity index (χ0) is 19.1. The van der Waals surface area contributed by atoms with Crippen molar-refractivity contribution in [1.82, 2.24) is 0 Å². The van der Waals surface area contributed by atoms with Crippen LogP contribution in [-0.4, -0.2) is 5.91 Å². The van der Waals surface area contributed by atoms with Crippen molar-refractivity contribution >= 4 is 23.2 Å². The third-order valence-corrected chi connectivity index (χ3v) is 3.31. The highest BCUT2D eigenvalue weighted by Crippen LogP contribution is 2.34. The molecule has 0 saturated heterocycles. The van der Waals surface area contributed by atoms with Crippen molar-refractivity contribution in [1.29, 1.82) is 0 Å². The van der Waals surface area contributed by atoms with Crippen LogP contribution in [-0.2, 0) is 6.18 Å². The van der Waals surface area contributed by atoms with Gasteiger partial charge in [-0.1, -0.05) is 11.6 Å². The van der Waals surface area contributed by atoms with Crippen LogP contribution < -0.4 is 5.32 Å². The lowest BCUT2D eigenvalue weighted by Gasteiger charge is -2.13. The van der Waals surface area contributed by atoms with Crippen molar-refractivity contribution in [3.05, 3.63) is 63.4 Å². The summed E-state index contributed by atoms with van der Waals surface area (Å²) in [4.78, 5) is 11.8. The van der Waals surface area contributed by atoms with Crippen molar-refractivity contribution in [2.45, 2.75) is 6.18 Å². The molecule has 11 heteroatoms. The van der Waals surface area contributed by atoms with Crippen LogP contribution in [0, 0.1) is 29.1 Å². The molecule has 0 radical (unpaired) electrons. The van der Waals surface area contributed by atoms with Crippen LogP contribution in [0.15, 0.2) is 18.2 Å². The molecule has 0 bridgehead atoms. The fourth-order valence-electron chi connectivity index (χ4n) is 1.79. The summed E-state index contributed by atoms with van der Waals surface area (Å²) in [7, 11) is 0. The topological polar surface area (TPSA) is 29.1 Å². The largest absolute Gasteiger partial charge is 0.416 e. The van der Waals surface area contributed by atoms with E-state index < -0.39 is 63.0 Å². The summed E-state index contributed by atoms with van der Waals surface area (Å²) < 4.78 is 104. The summed E-state index contributed by atoms with van der Waals surface area (Å²) in [6.45, 7) is 0. The van der Waals surface area contributed by atoms with E-state index in [-0.39, 0.29) is 0 Å². The Labute approximate surface area is 139 Å². The Morgan fingerprint density at radius 2 is 1.36 bits per heavy atom. The molecule has 2 nitrogen and oxygen atoms in total. The minimum absolute atomic E-state index is 0.340. The van der Waals surface area contributed by atoms with Crippen LogP contribution in [0.1, 0.15) is 15.9 Å². The van der Waals surface area contributed by atoms with E-state index >= 15 is 0 Å². The van der Waals surface area contributed by atoms with Gasteiger partial charge in [-0.2, -0.15) is 13.2 Å². The summed E-state index contributed by atoms with van der Waals surface area (Å²) >= 11 is 5.57. The van der Waals surface area contributed by atoms with Crippen LogP contribution in [0.25, 0.3) is 0 Å². The minimum Gasteiger partial charge on any atom is -0.320 e. The van der Waals surface area contributed by atoms with Crippen molar-refractivity contribution in [3.63, 3.8) is 0 Å². The average Bonchev–Trinajstić information content (AvgIpc) is 2.52. The molecule has 1 N–H and O–H groups in total. The van der Waals surface area contributed by atoms with E-state index in [1.807, 2.05) is 0 Å². The van der Waals surface area contributed by atoms with Crippen molar-refractivity contribution in [3.8, 4) is 0 Å². The predicted molar refractivity (Wildman–Crippen MR) is 70.6 cm³/mol. The SMILES string of the molecule is O=C(Nc1cc(C(F)(F)F)ccc1Cl)c1c(F)c(F)c(F)c(F)c1F. The predicted octanol–water partition coefficient (Wildman–Crippen LogP) is 5.31. The maximum absolute atomic E-state index is 13.5. The first-order valence-electron chi connectivity index (χ1n) is 6.14. The molecule has 0 spiro atoms. The molecule has 2 rings (SSSR count). The first-order valence-corrected chi connectivity index (χ1v) is 6.52. The number of hydrogen-bond donors (Lipinski definition) is 1. The first kappa shape index (κ1) is 19.0. The molecular weight excluding hydrogens is 386 g/mol. The minimum atomic E-state index is -4.82. The van der Waals surface area contributed by atoms with Crippen LogP contribution in [0.5, 0.6) is 0 Å². The smallest absolute Gasteiger partial charge is 0.320 e. The highest BCUT2D eigenvalue weighted by molar-refractivity contribution is 6.34. The lowest BCUT2D eigenvalue weighted by Crippen LogP contribution is -2.20. The Morgan fingerprint density at radius 3 is 1.84 bits per heavy atom. The second kappa shape index (κ2) is 6.51. The van der Waals surface area contributed by atoms with Gasteiger partial charge in [0.2, 0.25) is 5.82 Å². The summed E-state index contributed by atoms with van der Waals surface area (Å²) in [6.07, 6.45) is -4.82. The quantitative estimate of drug-likeness (QED) is 0.421. The van der Waals surface area contributed by atoms with Crippen molar-refractivity contribution in [2.24, 2.45) is 0 Å². The van der Waals surface area contributed by atoms with Gasteiger partial charge in [0.25, 0.3) is 5.91 Å². The average molecular weight is 390 g/mol. The highest BCUT2D eigenvalue weighted by atomic mass is 35.5. The summed E-state index contributed by atoms with van der Waals surface area (Å²) in [5.74, 6) is -14.0. The number of amides is 1. The van der Waals surface area contributed by atoms with Crippen LogP contribution >= 0.6 is 11.6 Å². The molecule has 2 aromatic carbocycles. The summed E-state index contributed by atoms with van der Waals surface area (Å²) in [6, 6.07) is 1.64. The van der Waals surface area contributed by atoms with E-state index in [1.54, 1.807) is 5.32 Å². The third-order valence-electron chi connectivity index (χ3n) is 2.98. The first-order chi connectivity index (χ1) is 11.4. The van der Waals surface area contributed by atoms with Gasteiger partial charge >= 0.3 is 6.18 Å². The maximum atomic E-state index is 13.5. The van der Waals surface area contributed by atoms with Gasteiger partial charge in [0, 0.05) is 0 Å². The van der Waals surface area contributed by atoms with Gasteiger partial charge in [-0.3, -0.25) is 4.79 Å². The lowest BCUT2D eigenvalue weighted by atomic mass is 10.1. The molecule has 0 aliphatic heterocycles. The highest BCUT2D eigenvalue weighted by Gasteiger charge is 2.32. The molecule has 1 amide bonds. The zero-order valence-corrected chi connectivity index (χ0v) is 12.3. The second-order valence-corrected chi connectivity index (χ2v) is 5.00. The molecule has 0 heterocycles. The zero-order valence-electron chi connectivity index (χ0n) is 11.5. The molecule has 0 fully saturated rings. The lowest BCUT2D eigenvalue weighted by molar-refractivity contribution is -0.137. The van der Waals surface area contributed by atoms with E-state index in [9.17, 15) is 39.9 Å². The van der Waals surface area contributed by atoms with E-state index in [1.165, 1.54) is 0 Å². The Balaban J connectivity index is 2.49. The molecular formula is C14H4ClF8NO. The molecule has 0 aliphatic carbocycles. The van der Waals surface area contributed by atoms with Gasteiger partial charge in [0.05, 0.1) is 16.3 Å². The molecule has 0 atom stereocenters. The number of rotatable bonds is 2. The Kier molecular flexibility index (Phi) is 4.94. The summed E-state index contributed by atoms with van der Waals surface area (Å²) in [5, 5.41) is 1.13. The molecule has 0 unspecified atom stereocenters. The van der Waals surface area contributed by atoms with Crippen molar-refractivity contribution in [2.75, 3.05) is 5.32 Å². The van der Waals surface area contributed by atoms with Gasteiger partial charge in [-0.05, 0) is 18.2 Å². The molecule has 2 aromatic rings. The number of hydrogen-bond acceptors (Lipinski definition) is 1. The van der Waals surface area contributed by atoms with Crippen LogP contribution in [0.2, 0.25) is 5.02 Å². The third kappa shape index (κ3) is 3.53. The number of benzene rings is 2. The standard InChI is InChI=1S/C14H4ClF8NO/c15-5-2-1-4(14(21,22)23)3-6(5)24-13(25)7-8(16)10(18)12(20)11(19)9(7)17/h1-3H,(H,24,25).